The van der Waals surface area contributed by atoms with Gasteiger partial charge in [0, 0.05) is 0 Å². The molecular weight excluding hydrogens is 296 g/mol. The van der Waals surface area contributed by atoms with Crippen LogP contribution in [0, 0.1) is 13.8 Å². The third kappa shape index (κ3) is 3.34. The molecular formula is C18H16O5. The van der Waals surface area contributed by atoms with Crippen molar-refractivity contribution in [2.45, 2.75) is 26.1 Å². The van der Waals surface area contributed by atoms with E-state index < -0.39 is 24.1 Å². The van der Waals surface area contributed by atoms with Gasteiger partial charge in [-0.15, -0.1) is 0 Å². The van der Waals surface area contributed by atoms with Crippen molar-refractivity contribution in [3.63, 3.8) is 0 Å². The molecule has 0 radical (unpaired) electrons. The van der Waals surface area contributed by atoms with E-state index in [0.29, 0.717) is 11.5 Å². The summed E-state index contributed by atoms with van der Waals surface area (Å²) in [5, 5.41) is 0. The molecule has 0 N–H and O–H groups in total. The maximum absolute atomic E-state index is 11.9. The first kappa shape index (κ1) is 15.1. The smallest absolute Gasteiger partial charge is 0.359 e. The Morgan fingerprint density at radius 1 is 0.696 bits per heavy atom. The number of cyclic esters (lactones) is 2. The molecule has 1 aliphatic rings. The van der Waals surface area contributed by atoms with Crippen LogP contribution in [0.2, 0.25) is 0 Å². The minimum Gasteiger partial charge on any atom is -0.474 e. The molecule has 1 fully saturated rings. The topological polar surface area (TPSA) is 61.8 Å². The van der Waals surface area contributed by atoms with E-state index in [1.165, 1.54) is 0 Å². The number of hydrogen-bond donors (Lipinski definition) is 0. The van der Waals surface area contributed by atoms with Gasteiger partial charge in [-0.3, -0.25) is 0 Å². The minimum atomic E-state index is -1.12. The van der Waals surface area contributed by atoms with Crippen LogP contribution in [0.5, 0.6) is 11.5 Å². The molecule has 23 heavy (non-hydrogen) atoms. The van der Waals surface area contributed by atoms with Crippen molar-refractivity contribution in [1.29, 1.82) is 0 Å². The summed E-state index contributed by atoms with van der Waals surface area (Å²) < 4.78 is 15.9. The van der Waals surface area contributed by atoms with Gasteiger partial charge in [0.05, 0.1) is 0 Å². The summed E-state index contributed by atoms with van der Waals surface area (Å²) in [5.41, 5.74) is 2.13. The van der Waals surface area contributed by atoms with Crippen LogP contribution in [-0.2, 0) is 14.3 Å². The normalized spacial score (nSPS) is 20.3. The van der Waals surface area contributed by atoms with E-state index in [9.17, 15) is 9.59 Å². The second kappa shape index (κ2) is 6.12. The Kier molecular flexibility index (Phi) is 4.02. The number of aryl methyl sites for hydroxylation is 2. The molecule has 2 aromatic carbocycles. The van der Waals surface area contributed by atoms with Crippen molar-refractivity contribution in [3.05, 3.63) is 59.7 Å². The zero-order chi connectivity index (χ0) is 16.4. The molecule has 0 saturated carbocycles. The zero-order valence-electron chi connectivity index (χ0n) is 12.8. The number of esters is 2. The van der Waals surface area contributed by atoms with E-state index in [1.54, 1.807) is 24.3 Å². The molecule has 5 heteroatoms. The molecule has 118 valence electrons. The maximum Gasteiger partial charge on any atom is 0.359 e. The Morgan fingerprint density at radius 2 is 1.04 bits per heavy atom. The fourth-order valence-corrected chi connectivity index (χ4v) is 2.21. The lowest BCUT2D eigenvalue weighted by atomic mass is 10.2. The summed E-state index contributed by atoms with van der Waals surface area (Å²) in [6, 6.07) is 14.3. The maximum atomic E-state index is 11.9. The van der Waals surface area contributed by atoms with E-state index in [0.717, 1.165) is 11.1 Å². The van der Waals surface area contributed by atoms with Crippen LogP contribution in [0.15, 0.2) is 48.5 Å². The quantitative estimate of drug-likeness (QED) is 0.641. The summed E-state index contributed by atoms with van der Waals surface area (Å²) in [6.07, 6.45) is -2.24. The highest BCUT2D eigenvalue weighted by Gasteiger charge is 2.48. The van der Waals surface area contributed by atoms with Gasteiger partial charge in [-0.05, 0) is 38.1 Å². The summed E-state index contributed by atoms with van der Waals surface area (Å²) in [6.45, 7) is 3.89. The van der Waals surface area contributed by atoms with Gasteiger partial charge in [-0.2, -0.15) is 0 Å². The van der Waals surface area contributed by atoms with Crippen molar-refractivity contribution in [2.24, 2.45) is 0 Å². The van der Waals surface area contributed by atoms with Crippen molar-refractivity contribution < 1.29 is 23.8 Å². The van der Waals surface area contributed by atoms with Crippen molar-refractivity contribution in [3.8, 4) is 11.5 Å². The summed E-state index contributed by atoms with van der Waals surface area (Å²) in [5.74, 6) is -0.533. The minimum absolute atomic E-state index is 0.477. The van der Waals surface area contributed by atoms with E-state index in [2.05, 4.69) is 4.74 Å². The molecule has 2 atom stereocenters. The summed E-state index contributed by atoms with van der Waals surface area (Å²) >= 11 is 0. The highest BCUT2D eigenvalue weighted by molar-refractivity contribution is 6.00. The first-order chi connectivity index (χ1) is 11.0. The Hall–Kier alpha value is -2.82. The molecule has 0 amide bonds. The van der Waals surface area contributed by atoms with E-state index >= 15 is 0 Å². The van der Waals surface area contributed by atoms with E-state index in [-0.39, 0.29) is 0 Å². The number of rotatable bonds is 4. The number of carbonyl (C=O) groups is 2. The van der Waals surface area contributed by atoms with Gasteiger partial charge >= 0.3 is 11.9 Å². The fourth-order valence-electron chi connectivity index (χ4n) is 2.21. The van der Waals surface area contributed by atoms with E-state index in [4.69, 9.17) is 9.47 Å². The molecule has 0 spiro atoms. The van der Waals surface area contributed by atoms with E-state index in [1.807, 2.05) is 38.1 Å². The average Bonchev–Trinajstić information content (AvgIpc) is 2.78. The van der Waals surface area contributed by atoms with Gasteiger partial charge in [0.15, 0.2) is 0 Å². The molecule has 1 saturated heterocycles. The van der Waals surface area contributed by atoms with Crippen LogP contribution in [0.3, 0.4) is 0 Å². The number of hydrogen-bond acceptors (Lipinski definition) is 5. The standard InChI is InChI=1S/C18H16O5/c1-11-3-7-13(8-4-11)21-15-16(18(20)23-17(15)19)22-14-9-5-12(2)6-10-14/h3-10,15-16H,1-2H3/t15-,16-/m1/s1. The monoisotopic (exact) mass is 312 g/mol. The van der Waals surface area contributed by atoms with Gasteiger partial charge in [0.1, 0.15) is 11.5 Å². The molecule has 3 rings (SSSR count). The first-order valence-electron chi connectivity index (χ1n) is 7.25. The largest absolute Gasteiger partial charge is 0.474 e. The molecule has 1 aliphatic heterocycles. The lowest BCUT2D eigenvalue weighted by Gasteiger charge is -2.17. The molecule has 1 heterocycles. The molecule has 0 unspecified atom stereocenters. The number of ether oxygens (including phenoxy) is 3. The second-order valence-electron chi connectivity index (χ2n) is 5.44. The van der Waals surface area contributed by atoms with Gasteiger partial charge in [-0.1, -0.05) is 35.4 Å². The third-order valence-electron chi connectivity index (χ3n) is 3.51. The van der Waals surface area contributed by atoms with Crippen LogP contribution in [0.4, 0.5) is 0 Å². The van der Waals surface area contributed by atoms with Gasteiger partial charge in [-0.25, -0.2) is 9.59 Å². The lowest BCUT2D eigenvalue weighted by Crippen LogP contribution is -2.39. The van der Waals surface area contributed by atoms with Gasteiger partial charge in [0.2, 0.25) is 12.2 Å². The lowest BCUT2D eigenvalue weighted by molar-refractivity contribution is -0.154. The SMILES string of the molecule is Cc1ccc(O[C@H]2C(=O)OC(=O)[C@@H]2Oc2ccc(C)cc2)cc1. The van der Waals surface area contributed by atoms with Gasteiger partial charge in [0.25, 0.3) is 0 Å². The Morgan fingerprint density at radius 3 is 1.39 bits per heavy atom. The number of benzene rings is 2. The Bertz CT molecular complexity index is 655. The zero-order valence-corrected chi connectivity index (χ0v) is 12.8. The third-order valence-corrected chi connectivity index (χ3v) is 3.51. The van der Waals surface area contributed by atoms with Crippen LogP contribution in [-0.4, -0.2) is 24.1 Å². The molecule has 2 aromatic rings. The second-order valence-corrected chi connectivity index (χ2v) is 5.44. The average molecular weight is 312 g/mol. The molecule has 0 aromatic heterocycles. The Labute approximate surface area is 133 Å². The van der Waals surface area contributed by atoms with Crippen LogP contribution in [0.1, 0.15) is 11.1 Å². The predicted octanol–water partition coefficient (Wildman–Crippen LogP) is 2.58. The van der Waals surface area contributed by atoms with Crippen molar-refractivity contribution in [2.75, 3.05) is 0 Å². The summed E-state index contributed by atoms with van der Waals surface area (Å²) in [4.78, 5) is 23.7. The van der Waals surface area contributed by atoms with Crippen LogP contribution < -0.4 is 9.47 Å². The van der Waals surface area contributed by atoms with Gasteiger partial charge < -0.3 is 14.2 Å². The van der Waals surface area contributed by atoms with Crippen LogP contribution in [0.25, 0.3) is 0 Å². The highest BCUT2D eigenvalue weighted by Crippen LogP contribution is 2.24. The predicted molar refractivity (Wildman–Crippen MR) is 82.3 cm³/mol. The highest BCUT2D eigenvalue weighted by atomic mass is 16.7. The fraction of sp³-hybridized carbons (Fsp3) is 0.222. The van der Waals surface area contributed by atoms with Crippen LogP contribution >= 0.6 is 0 Å². The number of carbonyl (C=O) groups excluding carboxylic acids is 2. The molecule has 0 bridgehead atoms. The Balaban J connectivity index is 1.78. The summed E-state index contributed by atoms with van der Waals surface area (Å²) in [7, 11) is 0. The molecule has 5 nitrogen and oxygen atoms in total. The first-order valence-corrected chi connectivity index (χ1v) is 7.25. The van der Waals surface area contributed by atoms with Crippen molar-refractivity contribution >= 4 is 11.9 Å². The van der Waals surface area contributed by atoms with Crippen molar-refractivity contribution in [1.82, 2.24) is 0 Å². The molecule has 0 aliphatic carbocycles.